The van der Waals surface area contributed by atoms with Crippen molar-refractivity contribution < 1.29 is 9.53 Å². The molecule has 2 aromatic rings. The molecule has 0 saturated heterocycles. The van der Waals surface area contributed by atoms with Crippen molar-refractivity contribution >= 4 is 33.7 Å². The van der Waals surface area contributed by atoms with E-state index in [1.54, 1.807) is 13.2 Å². The minimum absolute atomic E-state index is 0.266. The second-order valence-electron chi connectivity index (χ2n) is 3.82. The van der Waals surface area contributed by atoms with Gasteiger partial charge < -0.3 is 10.1 Å². The second-order valence-corrected chi connectivity index (χ2v) is 4.63. The monoisotopic (exact) mass is 333 g/mol. The lowest BCUT2D eigenvalue weighted by molar-refractivity contribution is -0.111. The highest BCUT2D eigenvalue weighted by Gasteiger charge is 1.99. The van der Waals surface area contributed by atoms with E-state index in [9.17, 15) is 4.79 Å². The number of hydrogen-bond donors (Lipinski definition) is 1. The number of amides is 1. The molecule has 1 amide bonds. The number of rotatable bonds is 4. The molecule has 0 spiro atoms. The lowest BCUT2D eigenvalue weighted by Crippen LogP contribution is -2.09. The van der Waals surface area contributed by atoms with E-state index in [-0.39, 0.29) is 5.91 Å². The third-order valence-electron chi connectivity index (χ3n) is 2.41. The van der Waals surface area contributed by atoms with Gasteiger partial charge in [0.25, 0.3) is 0 Å². The molecule has 0 saturated carbocycles. The first-order valence-electron chi connectivity index (χ1n) is 5.78. The largest absolute Gasteiger partial charge is 0.497 e. The molecule has 0 unspecified atom stereocenters. The van der Waals surface area contributed by atoms with Crippen LogP contribution in [0.5, 0.6) is 5.75 Å². The normalized spacial score (nSPS) is 10.5. The summed E-state index contributed by atoms with van der Waals surface area (Å²) >= 11 is 3.17. The zero-order chi connectivity index (χ0) is 14.4. The number of anilines is 1. The highest BCUT2D eigenvalue weighted by Crippen LogP contribution is 2.12. The van der Waals surface area contributed by atoms with Gasteiger partial charge in [-0.15, -0.1) is 0 Å². The molecular weight excluding hydrogens is 322 g/mol. The molecule has 2 rings (SSSR count). The van der Waals surface area contributed by atoms with Crippen LogP contribution in [0.4, 0.5) is 5.82 Å². The van der Waals surface area contributed by atoms with Crippen molar-refractivity contribution in [2.75, 3.05) is 12.4 Å². The summed E-state index contributed by atoms with van der Waals surface area (Å²) in [6.45, 7) is 0. The van der Waals surface area contributed by atoms with Crippen molar-refractivity contribution in [1.29, 1.82) is 0 Å². The first-order chi connectivity index (χ1) is 9.67. The van der Waals surface area contributed by atoms with Gasteiger partial charge in [-0.2, -0.15) is 0 Å². The molecule has 0 fully saturated rings. The topological polar surface area (TPSA) is 64.1 Å². The molecule has 1 aromatic carbocycles. The minimum Gasteiger partial charge on any atom is -0.497 e. The molecule has 0 atom stereocenters. The van der Waals surface area contributed by atoms with Crippen LogP contribution < -0.4 is 10.1 Å². The van der Waals surface area contributed by atoms with Crippen molar-refractivity contribution in [2.24, 2.45) is 0 Å². The van der Waals surface area contributed by atoms with Crippen LogP contribution >= 0.6 is 15.9 Å². The number of benzene rings is 1. The van der Waals surface area contributed by atoms with Gasteiger partial charge in [0.15, 0.2) is 5.82 Å². The van der Waals surface area contributed by atoms with Crippen LogP contribution in [0.15, 0.2) is 47.3 Å². The summed E-state index contributed by atoms with van der Waals surface area (Å²) in [6.07, 6.45) is 6.14. The van der Waals surface area contributed by atoms with Gasteiger partial charge >= 0.3 is 0 Å². The summed E-state index contributed by atoms with van der Waals surface area (Å²) in [5.74, 6) is 0.909. The highest BCUT2D eigenvalue weighted by molar-refractivity contribution is 9.10. The Morgan fingerprint density at radius 1 is 1.25 bits per heavy atom. The third kappa shape index (κ3) is 4.17. The van der Waals surface area contributed by atoms with Gasteiger partial charge in [-0.25, -0.2) is 9.97 Å². The minimum atomic E-state index is -0.266. The molecule has 5 nitrogen and oxygen atoms in total. The Kier molecular flexibility index (Phi) is 4.84. The van der Waals surface area contributed by atoms with E-state index in [0.717, 1.165) is 11.3 Å². The first kappa shape index (κ1) is 14.2. The van der Waals surface area contributed by atoms with Crippen molar-refractivity contribution in [3.05, 3.63) is 52.9 Å². The summed E-state index contributed by atoms with van der Waals surface area (Å²) in [6, 6.07) is 7.39. The van der Waals surface area contributed by atoms with Crippen molar-refractivity contribution in [2.45, 2.75) is 0 Å². The van der Waals surface area contributed by atoms with Crippen molar-refractivity contribution in [3.63, 3.8) is 0 Å². The quantitative estimate of drug-likeness (QED) is 0.874. The number of nitrogens with zero attached hydrogens (tertiary/aromatic N) is 2. The van der Waals surface area contributed by atoms with Crippen LogP contribution in [0.2, 0.25) is 0 Å². The van der Waals surface area contributed by atoms with E-state index in [1.165, 1.54) is 18.5 Å². The number of carbonyl (C=O) groups excluding carboxylic acids is 1. The maximum Gasteiger partial charge on any atom is 0.249 e. The summed E-state index contributed by atoms with van der Waals surface area (Å²) in [5.41, 5.74) is 0.905. The number of hydrogen-bond acceptors (Lipinski definition) is 4. The Morgan fingerprint density at radius 3 is 2.60 bits per heavy atom. The zero-order valence-electron chi connectivity index (χ0n) is 10.7. The summed E-state index contributed by atoms with van der Waals surface area (Å²) in [7, 11) is 1.61. The van der Waals surface area contributed by atoms with Gasteiger partial charge in [0.1, 0.15) is 10.4 Å². The maximum absolute atomic E-state index is 11.7. The predicted octanol–water partition coefficient (Wildman–Crippen LogP) is 2.90. The van der Waals surface area contributed by atoms with E-state index in [2.05, 4.69) is 31.2 Å². The molecule has 0 radical (unpaired) electrons. The van der Waals surface area contributed by atoms with Crippen molar-refractivity contribution in [3.8, 4) is 5.75 Å². The van der Waals surface area contributed by atoms with E-state index in [4.69, 9.17) is 4.74 Å². The number of aromatic nitrogens is 2. The molecular formula is C14H12BrN3O2. The number of methoxy groups -OCH3 is 1. The molecule has 1 aromatic heterocycles. The van der Waals surface area contributed by atoms with Crippen LogP contribution in [0.1, 0.15) is 5.56 Å². The van der Waals surface area contributed by atoms with Crippen LogP contribution in [0.25, 0.3) is 6.08 Å². The molecule has 1 N–H and O–H groups in total. The van der Waals surface area contributed by atoms with Crippen LogP contribution in [-0.4, -0.2) is 23.0 Å². The average molecular weight is 334 g/mol. The van der Waals surface area contributed by atoms with Crippen molar-refractivity contribution in [1.82, 2.24) is 9.97 Å². The molecule has 0 bridgehead atoms. The molecule has 0 aliphatic heterocycles. The highest BCUT2D eigenvalue weighted by atomic mass is 79.9. The smallest absolute Gasteiger partial charge is 0.249 e. The fourth-order valence-corrected chi connectivity index (χ4v) is 1.64. The van der Waals surface area contributed by atoms with Gasteiger partial charge in [0.2, 0.25) is 5.91 Å². The predicted molar refractivity (Wildman–Crippen MR) is 80.4 cm³/mol. The zero-order valence-corrected chi connectivity index (χ0v) is 12.3. The van der Waals surface area contributed by atoms with E-state index in [1.807, 2.05) is 24.3 Å². The number of halogens is 1. The van der Waals surface area contributed by atoms with Crippen LogP contribution in [0.3, 0.4) is 0 Å². The van der Waals surface area contributed by atoms with Gasteiger partial charge in [-0.1, -0.05) is 12.1 Å². The SMILES string of the molecule is COc1ccc(C=CC(=O)Nc2cnc(Br)cn2)cc1. The molecule has 102 valence electrons. The first-order valence-corrected chi connectivity index (χ1v) is 6.57. The third-order valence-corrected chi connectivity index (χ3v) is 2.82. The van der Waals surface area contributed by atoms with E-state index < -0.39 is 0 Å². The fraction of sp³-hybridized carbons (Fsp3) is 0.0714. The lowest BCUT2D eigenvalue weighted by Gasteiger charge is -2.01. The Bertz CT molecular complexity index is 609. The molecule has 0 aliphatic carbocycles. The Morgan fingerprint density at radius 2 is 2.00 bits per heavy atom. The van der Waals surface area contributed by atoms with Gasteiger partial charge in [-0.3, -0.25) is 4.79 Å². The summed E-state index contributed by atoms with van der Waals surface area (Å²) < 4.78 is 5.68. The maximum atomic E-state index is 11.7. The van der Waals surface area contributed by atoms with E-state index in [0.29, 0.717) is 10.4 Å². The second kappa shape index (κ2) is 6.81. The average Bonchev–Trinajstić information content (AvgIpc) is 2.48. The lowest BCUT2D eigenvalue weighted by atomic mass is 10.2. The molecule has 0 aliphatic rings. The Hall–Kier alpha value is -2.21. The fourth-order valence-electron chi connectivity index (χ4n) is 1.43. The van der Waals surface area contributed by atoms with Crippen LogP contribution in [-0.2, 0) is 4.79 Å². The number of nitrogens with one attached hydrogen (secondary N) is 1. The Labute approximate surface area is 124 Å². The number of carbonyl (C=O) groups is 1. The van der Waals surface area contributed by atoms with Gasteiger partial charge in [-0.05, 0) is 39.7 Å². The van der Waals surface area contributed by atoms with Gasteiger partial charge in [0, 0.05) is 6.08 Å². The van der Waals surface area contributed by atoms with E-state index >= 15 is 0 Å². The summed E-state index contributed by atoms with van der Waals surface area (Å²) in [5, 5.41) is 2.62. The molecule has 6 heteroatoms. The standard InChI is InChI=1S/C14H12BrN3O2/c1-20-11-5-2-10(3-6-11)4-7-14(19)18-13-9-16-12(15)8-17-13/h2-9H,1H3,(H,17,18,19). The van der Waals surface area contributed by atoms with Gasteiger partial charge in [0.05, 0.1) is 19.5 Å². The van der Waals surface area contributed by atoms with Crippen LogP contribution in [0, 0.1) is 0 Å². The number of ether oxygens (including phenoxy) is 1. The molecule has 20 heavy (non-hydrogen) atoms. The Balaban J connectivity index is 1.96. The summed E-state index contributed by atoms with van der Waals surface area (Å²) in [4.78, 5) is 19.7. The molecule has 1 heterocycles.